The van der Waals surface area contributed by atoms with E-state index in [9.17, 15) is 13.5 Å². The summed E-state index contributed by atoms with van der Waals surface area (Å²) in [6, 6.07) is 4.99. The number of benzene rings is 1. The number of aromatic nitrogens is 4. The molecule has 170 valence electrons. The Labute approximate surface area is 185 Å². The third-order valence-electron chi connectivity index (χ3n) is 6.93. The molecule has 4 heterocycles. The van der Waals surface area contributed by atoms with Crippen LogP contribution in [0.2, 0.25) is 0 Å². The van der Waals surface area contributed by atoms with Crippen molar-refractivity contribution in [3.05, 3.63) is 36.3 Å². The van der Waals surface area contributed by atoms with E-state index in [-0.39, 0.29) is 17.3 Å². The predicted molar refractivity (Wildman–Crippen MR) is 117 cm³/mol. The molecule has 1 aromatic carbocycles. The van der Waals surface area contributed by atoms with Crippen molar-refractivity contribution < 1.29 is 18.3 Å². The van der Waals surface area contributed by atoms with Gasteiger partial charge >= 0.3 is 0 Å². The summed E-state index contributed by atoms with van der Waals surface area (Å²) < 4.78 is 37.1. The van der Waals surface area contributed by atoms with Gasteiger partial charge in [0.1, 0.15) is 6.33 Å². The van der Waals surface area contributed by atoms with Crippen LogP contribution in [0.1, 0.15) is 38.2 Å². The number of nitrogen functional groups attached to an aromatic ring is 1. The highest BCUT2D eigenvalue weighted by Gasteiger charge is 2.53. The zero-order valence-corrected chi connectivity index (χ0v) is 18.8. The van der Waals surface area contributed by atoms with Crippen LogP contribution in [0.4, 0.5) is 5.82 Å². The number of sulfonamides is 1. The molecular weight excluding hydrogens is 432 g/mol. The lowest BCUT2D eigenvalue weighted by molar-refractivity contribution is -0.200. The number of aliphatic hydroxyl groups excluding tert-OH is 1. The first kappa shape index (κ1) is 21.3. The first-order chi connectivity index (χ1) is 15.1. The molecule has 1 atom stereocenters. The van der Waals surface area contributed by atoms with Crippen LogP contribution in [0.15, 0.2) is 35.6 Å². The summed E-state index contributed by atoms with van der Waals surface area (Å²) in [7, 11) is -3.82. The summed E-state index contributed by atoms with van der Waals surface area (Å²) in [5.41, 5.74) is 7.27. The van der Waals surface area contributed by atoms with Crippen molar-refractivity contribution in [3.63, 3.8) is 0 Å². The zero-order chi connectivity index (χ0) is 22.7. The van der Waals surface area contributed by atoms with Gasteiger partial charge in [0.2, 0.25) is 10.0 Å². The average Bonchev–Trinajstić information content (AvgIpc) is 3.20. The number of nitrogens with two attached hydrogens (primary N) is 1. The Morgan fingerprint density at radius 2 is 2.00 bits per heavy atom. The smallest absolute Gasteiger partial charge is 0.241 e. The molecule has 0 radical (unpaired) electrons. The Hall–Kier alpha value is -2.60. The van der Waals surface area contributed by atoms with Crippen LogP contribution in [-0.2, 0) is 14.8 Å². The molecule has 3 aliphatic rings. The Balaban J connectivity index is 1.47. The number of aliphatic hydroxyl groups is 1. The van der Waals surface area contributed by atoms with Crippen molar-refractivity contribution in [2.75, 3.05) is 12.3 Å². The summed E-state index contributed by atoms with van der Waals surface area (Å²) in [6.45, 7) is 3.88. The topological polar surface area (TPSA) is 145 Å². The fraction of sp³-hybridized carbons (Fsp3) is 0.476. The maximum absolute atomic E-state index is 13.4. The fourth-order valence-electron chi connectivity index (χ4n) is 4.80. The summed E-state index contributed by atoms with van der Waals surface area (Å²) in [5, 5.41) is 14.3. The van der Waals surface area contributed by atoms with Gasteiger partial charge in [-0.2, -0.15) is 5.10 Å². The van der Waals surface area contributed by atoms with E-state index in [1.165, 1.54) is 6.33 Å². The van der Waals surface area contributed by atoms with Crippen LogP contribution in [0.25, 0.3) is 16.9 Å². The van der Waals surface area contributed by atoms with E-state index in [1.54, 1.807) is 35.8 Å². The minimum absolute atomic E-state index is 0.155. The molecule has 2 aromatic heterocycles. The fourth-order valence-corrected chi connectivity index (χ4v) is 6.27. The van der Waals surface area contributed by atoms with E-state index in [0.717, 1.165) is 5.56 Å². The van der Waals surface area contributed by atoms with Crippen LogP contribution in [0.5, 0.6) is 0 Å². The Morgan fingerprint density at radius 3 is 2.66 bits per heavy atom. The van der Waals surface area contributed by atoms with Crippen LogP contribution in [0.3, 0.4) is 0 Å². The third kappa shape index (κ3) is 3.27. The molecule has 0 spiro atoms. The van der Waals surface area contributed by atoms with Gasteiger partial charge < -0.3 is 15.6 Å². The van der Waals surface area contributed by atoms with E-state index >= 15 is 0 Å². The van der Waals surface area contributed by atoms with Gasteiger partial charge in [0.15, 0.2) is 11.5 Å². The highest BCUT2D eigenvalue weighted by Crippen LogP contribution is 2.46. The normalized spacial score (nSPS) is 26.5. The lowest BCUT2D eigenvalue weighted by Gasteiger charge is -2.54. The molecule has 0 amide bonds. The van der Waals surface area contributed by atoms with Crippen LogP contribution in [0, 0.1) is 6.92 Å². The van der Waals surface area contributed by atoms with Crippen molar-refractivity contribution in [2.24, 2.45) is 0 Å². The second-order valence-electron chi connectivity index (χ2n) is 8.92. The van der Waals surface area contributed by atoms with Gasteiger partial charge in [0.25, 0.3) is 0 Å². The number of nitrogens with zero attached hydrogens (tertiary/aromatic N) is 4. The van der Waals surface area contributed by atoms with Crippen LogP contribution >= 0.6 is 0 Å². The second kappa shape index (κ2) is 7.20. The summed E-state index contributed by atoms with van der Waals surface area (Å²) in [5.74, 6) is 0.247. The van der Waals surface area contributed by atoms with Gasteiger partial charge in [-0.3, -0.25) is 0 Å². The number of anilines is 1. The van der Waals surface area contributed by atoms with Gasteiger partial charge in [-0.1, -0.05) is 6.07 Å². The molecule has 11 heteroatoms. The monoisotopic (exact) mass is 458 g/mol. The first-order valence-corrected chi connectivity index (χ1v) is 12.0. The summed E-state index contributed by atoms with van der Waals surface area (Å²) in [6.07, 6.45) is 4.85. The highest BCUT2D eigenvalue weighted by molar-refractivity contribution is 7.89. The zero-order valence-electron chi connectivity index (χ0n) is 17.9. The molecule has 3 fully saturated rings. The molecule has 2 saturated heterocycles. The van der Waals surface area contributed by atoms with Gasteiger partial charge in [-0.05, 0) is 57.2 Å². The number of hydrogen-bond acceptors (Lipinski definition) is 8. The van der Waals surface area contributed by atoms with Crippen molar-refractivity contribution in [1.29, 1.82) is 0 Å². The number of fused-ring (bicyclic) bond motifs is 4. The predicted octanol–water partition coefficient (Wildman–Crippen LogP) is 1.42. The van der Waals surface area contributed by atoms with E-state index in [1.807, 2.05) is 6.92 Å². The van der Waals surface area contributed by atoms with Crippen molar-refractivity contribution in [2.45, 2.75) is 61.7 Å². The number of rotatable bonds is 5. The van der Waals surface area contributed by atoms with Gasteiger partial charge in [0, 0.05) is 5.56 Å². The maximum Gasteiger partial charge on any atom is 0.241 e. The molecule has 1 saturated carbocycles. The Bertz CT molecular complexity index is 1280. The second-order valence-corrected chi connectivity index (χ2v) is 10.6. The van der Waals surface area contributed by atoms with E-state index in [2.05, 4.69) is 19.8 Å². The Kier molecular flexibility index (Phi) is 4.79. The molecule has 4 N–H and O–H groups in total. The minimum atomic E-state index is -3.82. The number of hydrogen-bond donors (Lipinski definition) is 3. The summed E-state index contributed by atoms with van der Waals surface area (Å²) >= 11 is 0. The molecule has 10 nitrogen and oxygen atoms in total. The van der Waals surface area contributed by atoms with E-state index in [4.69, 9.17) is 10.5 Å². The molecule has 2 aliphatic heterocycles. The molecule has 6 rings (SSSR count). The summed E-state index contributed by atoms with van der Waals surface area (Å²) in [4.78, 5) is 8.38. The van der Waals surface area contributed by atoms with Crippen LogP contribution in [-0.4, -0.2) is 57.0 Å². The maximum atomic E-state index is 13.4. The molecule has 3 aromatic rings. The highest BCUT2D eigenvalue weighted by atomic mass is 32.2. The number of aryl methyl sites for hydroxylation is 1. The number of nitrogens with one attached hydrogen (secondary N) is 1. The van der Waals surface area contributed by atoms with Gasteiger partial charge in [0.05, 0.1) is 40.6 Å². The molecular formula is C21H26N6O4S. The Morgan fingerprint density at radius 1 is 1.25 bits per heavy atom. The molecule has 1 aliphatic carbocycles. The van der Waals surface area contributed by atoms with Gasteiger partial charge in [-0.15, -0.1) is 0 Å². The lowest BCUT2D eigenvalue weighted by atomic mass is 9.70. The third-order valence-corrected chi connectivity index (χ3v) is 8.50. The standard InChI is InChI=1S/C21H26N6O4S/c1-13-3-4-15(9-16(13)17-10-23-19-18(22)24-12-25-27(17)19)32(29,30)26-20-5-7-21(8-6-20,14(2)28)31-11-20/h3-4,9-10,12,14,26,28H,5-8,11H2,1-2H3,(H2,22,24,25). The first-order valence-electron chi connectivity index (χ1n) is 10.6. The molecule has 32 heavy (non-hydrogen) atoms. The van der Waals surface area contributed by atoms with Gasteiger partial charge in [-0.25, -0.2) is 27.6 Å². The molecule has 1 unspecified atom stereocenters. The van der Waals surface area contributed by atoms with E-state index in [0.29, 0.717) is 42.6 Å². The van der Waals surface area contributed by atoms with Crippen molar-refractivity contribution in [3.8, 4) is 11.3 Å². The largest absolute Gasteiger partial charge is 0.390 e. The van der Waals surface area contributed by atoms with Crippen molar-refractivity contribution in [1.82, 2.24) is 24.3 Å². The SMILES string of the molecule is Cc1ccc(S(=O)(=O)NC23CCC(C(C)O)(CC2)OC3)cc1-c1cnc2c(N)ncnn12. The van der Waals surface area contributed by atoms with E-state index < -0.39 is 27.3 Å². The van der Waals surface area contributed by atoms with Crippen molar-refractivity contribution >= 4 is 21.5 Å². The average molecular weight is 459 g/mol. The quantitative estimate of drug-likeness (QED) is 0.521. The van der Waals surface area contributed by atoms with Crippen LogP contribution < -0.4 is 10.5 Å². The number of ether oxygens (including phenoxy) is 1. The minimum Gasteiger partial charge on any atom is -0.390 e. The number of imidazole rings is 1. The molecule has 2 bridgehead atoms. The lowest BCUT2D eigenvalue weighted by Crippen LogP contribution is -2.65.